The second-order valence-electron chi connectivity index (χ2n) is 13.0. The number of carbonyl (C=O) groups excluding carboxylic acids is 2. The topological polar surface area (TPSA) is 307 Å². The normalized spacial score (nSPS) is 42.8. The van der Waals surface area contributed by atoms with Crippen LogP contribution >= 0.6 is 0 Å². The van der Waals surface area contributed by atoms with Crippen molar-refractivity contribution in [2.45, 2.75) is 118 Å². The maximum Gasteiger partial charge on any atom is 0.224 e. The Bertz CT molecular complexity index is 1070. The quantitative estimate of drug-likeness (QED) is 0.0658. The zero-order valence-electron chi connectivity index (χ0n) is 27.7. The van der Waals surface area contributed by atoms with E-state index in [4.69, 9.17) is 28.4 Å². The highest BCUT2D eigenvalue weighted by Gasteiger charge is 2.52. The maximum absolute atomic E-state index is 12.6. The van der Waals surface area contributed by atoms with Crippen LogP contribution in [-0.4, -0.2) is 212 Å². The van der Waals surface area contributed by atoms with Gasteiger partial charge in [-0.1, -0.05) is 0 Å². The largest absolute Gasteiger partial charge is 0.394 e. The number of aliphatic hydroxyl groups is 10. The van der Waals surface area contributed by atoms with Crippen molar-refractivity contribution in [3.8, 4) is 0 Å². The molecule has 0 aromatic rings. The van der Waals surface area contributed by atoms with E-state index < -0.39 is 112 Å². The van der Waals surface area contributed by atoms with Gasteiger partial charge in [-0.3, -0.25) is 14.5 Å². The molecule has 0 aliphatic carbocycles. The Hall–Kier alpha value is -1.54. The zero-order chi connectivity index (χ0) is 36.7. The average Bonchev–Trinajstić information content (AvgIpc) is 3.57. The molecule has 4 saturated heterocycles. The van der Waals surface area contributed by atoms with Gasteiger partial charge in [0.15, 0.2) is 18.9 Å². The number of rotatable bonds is 16. The Balaban J connectivity index is 1.37. The van der Waals surface area contributed by atoms with Crippen LogP contribution in [0.5, 0.6) is 0 Å². The Kier molecular flexibility index (Phi) is 15.6. The Morgan fingerprint density at radius 2 is 1.32 bits per heavy atom. The van der Waals surface area contributed by atoms with Gasteiger partial charge in [0.2, 0.25) is 5.91 Å². The first-order valence-electron chi connectivity index (χ1n) is 16.8. The van der Waals surface area contributed by atoms with Crippen molar-refractivity contribution in [3.63, 3.8) is 0 Å². The molecule has 0 unspecified atom stereocenters. The molecule has 4 aliphatic heterocycles. The van der Waals surface area contributed by atoms with Crippen LogP contribution in [0.1, 0.15) is 26.2 Å². The first-order chi connectivity index (χ1) is 23.8. The molecule has 4 rings (SSSR count). The molecular weight excluding hydrogens is 676 g/mol. The molecule has 1 amide bonds. The number of Topliss-reactive ketones (excluding diaryl/α,β-unsaturated/α-hetero) is 1. The van der Waals surface area contributed by atoms with Gasteiger partial charge in [-0.15, -0.1) is 0 Å². The summed E-state index contributed by atoms with van der Waals surface area (Å²) in [6.45, 7) is 1.39. The molecule has 0 aromatic carbocycles. The summed E-state index contributed by atoms with van der Waals surface area (Å²) < 4.78 is 33.4. The number of amides is 1. The van der Waals surface area contributed by atoms with Crippen molar-refractivity contribution < 1.29 is 89.1 Å². The van der Waals surface area contributed by atoms with Crippen LogP contribution in [-0.2, 0) is 38.0 Å². The van der Waals surface area contributed by atoms with Gasteiger partial charge in [-0.2, -0.15) is 0 Å². The predicted molar refractivity (Wildman–Crippen MR) is 162 cm³/mol. The van der Waals surface area contributed by atoms with Crippen molar-refractivity contribution in [3.05, 3.63) is 0 Å². The molecular formula is C30H52N2O18. The lowest BCUT2D eigenvalue weighted by Crippen LogP contribution is -2.65. The number of carbonyl (C=O) groups is 2. The highest BCUT2D eigenvalue weighted by atomic mass is 16.7. The number of hydrogen-bond acceptors (Lipinski definition) is 19. The van der Waals surface area contributed by atoms with E-state index in [1.807, 2.05) is 11.8 Å². The van der Waals surface area contributed by atoms with Crippen LogP contribution in [0.3, 0.4) is 0 Å². The molecule has 4 aliphatic rings. The summed E-state index contributed by atoms with van der Waals surface area (Å²) >= 11 is 0. The minimum absolute atomic E-state index is 0.0438. The summed E-state index contributed by atoms with van der Waals surface area (Å²) in [5.74, 6) is -0.319. The van der Waals surface area contributed by atoms with Crippen molar-refractivity contribution >= 4 is 11.7 Å². The lowest BCUT2D eigenvalue weighted by molar-refractivity contribution is -0.366. The summed E-state index contributed by atoms with van der Waals surface area (Å²) in [4.78, 5) is 26.6. The minimum Gasteiger partial charge on any atom is -0.394 e. The van der Waals surface area contributed by atoms with E-state index in [0.29, 0.717) is 26.1 Å². The second-order valence-corrected chi connectivity index (χ2v) is 13.0. The van der Waals surface area contributed by atoms with Crippen molar-refractivity contribution in [1.29, 1.82) is 0 Å². The van der Waals surface area contributed by atoms with Crippen molar-refractivity contribution in [2.75, 3.05) is 52.6 Å². The van der Waals surface area contributed by atoms with E-state index in [9.17, 15) is 60.7 Å². The fourth-order valence-electron chi connectivity index (χ4n) is 6.37. The molecule has 4 fully saturated rings. The average molecular weight is 729 g/mol. The molecule has 0 aromatic heterocycles. The number of nitrogens with one attached hydrogen (secondary N) is 1. The number of nitrogens with zero attached hydrogens (tertiary/aromatic N) is 1. The second kappa shape index (κ2) is 19.0. The third-order valence-electron chi connectivity index (χ3n) is 9.33. The molecule has 0 saturated carbocycles. The summed E-state index contributed by atoms with van der Waals surface area (Å²) in [7, 11) is 0. The summed E-state index contributed by atoms with van der Waals surface area (Å²) in [5, 5.41) is 105. The molecule has 290 valence electrons. The number of likely N-dealkylation sites (tertiary alicyclic amines) is 1. The van der Waals surface area contributed by atoms with Gasteiger partial charge in [0.05, 0.1) is 38.9 Å². The monoisotopic (exact) mass is 728 g/mol. The van der Waals surface area contributed by atoms with Crippen LogP contribution in [0, 0.1) is 5.92 Å². The van der Waals surface area contributed by atoms with Gasteiger partial charge in [-0.25, -0.2) is 0 Å². The highest BCUT2D eigenvalue weighted by Crippen LogP contribution is 2.31. The van der Waals surface area contributed by atoms with Crippen LogP contribution < -0.4 is 5.32 Å². The molecule has 0 bridgehead atoms. The van der Waals surface area contributed by atoms with Gasteiger partial charge in [0.25, 0.3) is 0 Å². The summed E-state index contributed by atoms with van der Waals surface area (Å²) in [6, 6.07) is 0. The van der Waals surface area contributed by atoms with E-state index in [2.05, 4.69) is 5.32 Å². The molecule has 0 spiro atoms. The van der Waals surface area contributed by atoms with Crippen molar-refractivity contribution in [2.24, 2.45) is 5.92 Å². The first-order valence-corrected chi connectivity index (χ1v) is 16.8. The van der Waals surface area contributed by atoms with E-state index in [-0.39, 0.29) is 43.6 Å². The maximum atomic E-state index is 12.6. The minimum atomic E-state index is -1.88. The van der Waals surface area contributed by atoms with E-state index in [0.717, 1.165) is 0 Å². The predicted octanol–water partition coefficient (Wildman–Crippen LogP) is -6.74. The Morgan fingerprint density at radius 3 is 1.94 bits per heavy atom. The first kappa shape index (κ1) is 41.2. The summed E-state index contributed by atoms with van der Waals surface area (Å²) in [6.07, 6.45) is -23.8. The molecule has 20 nitrogen and oxygen atoms in total. The number of hydrogen-bond donors (Lipinski definition) is 11. The molecule has 16 atom stereocenters. The molecule has 11 N–H and O–H groups in total. The Labute approximate surface area is 288 Å². The zero-order valence-corrected chi connectivity index (χ0v) is 27.7. The lowest BCUT2D eigenvalue weighted by Gasteiger charge is -2.46. The SMILES string of the molecule is CCNC(=O)[C@@H]1CCN(CC(=O)CCCO[C@H]2O[C@H](CO[C@H]3O[C@H](CO)[C@@H](O)[C@H](O)[C@@H]3O)[C@@H](O)[C@H](O[C@H]3O[C@H](CO)[C@@H](O)[C@H](O)[C@@H]3O)[C@@H]2O)C1. The van der Waals surface area contributed by atoms with Gasteiger partial charge in [0, 0.05) is 19.5 Å². The standard InChI is InChI=1S/C30H52N2O18/c1-2-31-27(44)13-5-6-32(8-13)9-14(35)4-3-7-45-29-25(43)26(50-30-24(42)22(40)19(37)16(11-34)48-30)20(38)17(49-29)12-46-28-23(41)21(39)18(36)15(10-33)47-28/h13,15-26,28-30,33-34,36-43H,2-12H2,1H3,(H,31,44)/t13-,15-,16-,17-,18-,19-,20-,21+,22+,23+,24+,25+,26+,28+,29+,30-/m1/s1. The number of ketones is 1. The summed E-state index contributed by atoms with van der Waals surface area (Å²) in [5.41, 5.74) is 0. The van der Waals surface area contributed by atoms with Crippen molar-refractivity contribution in [1.82, 2.24) is 10.2 Å². The molecule has 0 radical (unpaired) electrons. The lowest BCUT2D eigenvalue weighted by atomic mass is 9.96. The smallest absolute Gasteiger partial charge is 0.224 e. The van der Waals surface area contributed by atoms with Gasteiger partial charge in [-0.05, 0) is 26.3 Å². The fraction of sp³-hybridized carbons (Fsp3) is 0.933. The van der Waals surface area contributed by atoms with Crippen LogP contribution in [0.2, 0.25) is 0 Å². The molecule has 20 heteroatoms. The molecule has 50 heavy (non-hydrogen) atoms. The van der Waals surface area contributed by atoms with E-state index in [1.54, 1.807) is 0 Å². The van der Waals surface area contributed by atoms with Crippen LogP contribution in [0.15, 0.2) is 0 Å². The van der Waals surface area contributed by atoms with Crippen LogP contribution in [0.25, 0.3) is 0 Å². The number of ether oxygens (including phenoxy) is 6. The van der Waals surface area contributed by atoms with Gasteiger partial charge >= 0.3 is 0 Å². The Morgan fingerprint density at radius 1 is 0.740 bits per heavy atom. The third kappa shape index (κ3) is 9.90. The van der Waals surface area contributed by atoms with E-state index in [1.165, 1.54) is 0 Å². The fourth-order valence-corrected chi connectivity index (χ4v) is 6.37. The van der Waals surface area contributed by atoms with E-state index >= 15 is 0 Å². The van der Waals surface area contributed by atoms with Gasteiger partial charge in [0.1, 0.15) is 79.0 Å². The van der Waals surface area contributed by atoms with Gasteiger partial charge < -0.3 is 84.8 Å². The third-order valence-corrected chi connectivity index (χ3v) is 9.33. The van der Waals surface area contributed by atoms with Crippen LogP contribution in [0.4, 0.5) is 0 Å². The molecule has 4 heterocycles. The number of aliphatic hydroxyl groups excluding tert-OH is 10. The highest BCUT2D eigenvalue weighted by molar-refractivity contribution is 5.81.